The second-order valence-electron chi connectivity index (χ2n) is 3.88. The van der Waals surface area contributed by atoms with Crippen molar-refractivity contribution in [3.05, 3.63) is 29.0 Å². The minimum Gasteiger partial charge on any atom is -0.368 e. The Morgan fingerprint density at radius 3 is 2.87 bits per heavy atom. The lowest BCUT2D eigenvalue weighted by atomic mass is 10.2. The number of fused-ring (bicyclic) bond motifs is 1. The second kappa shape index (κ2) is 3.83. The first kappa shape index (κ1) is 9.19. The van der Waals surface area contributed by atoms with Crippen LogP contribution in [0.25, 0.3) is 11.1 Å². The topological polar surface area (TPSA) is 15.3 Å². The van der Waals surface area contributed by atoms with Crippen LogP contribution in [0.2, 0.25) is 0 Å². The Hall–Kier alpha value is -1.06. The molecule has 0 amide bonds. The van der Waals surface area contributed by atoms with Crippen LogP contribution in [0.1, 0.15) is 0 Å². The Labute approximate surface area is 93.9 Å². The van der Waals surface area contributed by atoms with Crippen molar-refractivity contribution in [1.29, 1.82) is 0 Å². The second-order valence-corrected chi connectivity index (χ2v) is 4.66. The molecule has 3 rings (SSSR count). The van der Waals surface area contributed by atoms with Gasteiger partial charge in [-0.3, -0.25) is 0 Å². The van der Waals surface area contributed by atoms with Gasteiger partial charge >= 0.3 is 0 Å². The molecule has 2 heterocycles. The number of anilines is 1. The van der Waals surface area contributed by atoms with Crippen molar-refractivity contribution in [2.24, 2.45) is 0 Å². The summed E-state index contributed by atoms with van der Waals surface area (Å²) in [5.74, 6) is 0. The molecule has 1 N–H and O–H groups in total. The van der Waals surface area contributed by atoms with Gasteiger partial charge < -0.3 is 10.2 Å². The van der Waals surface area contributed by atoms with Crippen molar-refractivity contribution >= 4 is 17.0 Å². The molecule has 15 heavy (non-hydrogen) atoms. The fraction of sp³-hybridized carbons (Fsp3) is 0.333. The van der Waals surface area contributed by atoms with E-state index >= 15 is 0 Å². The summed E-state index contributed by atoms with van der Waals surface area (Å²) in [7, 11) is 0. The van der Waals surface area contributed by atoms with Crippen LogP contribution in [0.3, 0.4) is 0 Å². The first-order valence-corrected chi connectivity index (χ1v) is 6.30. The largest absolute Gasteiger partial charge is 0.368 e. The summed E-state index contributed by atoms with van der Waals surface area (Å²) in [5.41, 5.74) is 4.17. The first-order valence-electron chi connectivity index (χ1n) is 5.36. The standard InChI is InChI=1S/C12H14N2S/c1-2-12(14-6-4-13-5-7-14)11-3-8-15-9-10(1)11/h1-3,8-9,13H,4-7H2. The van der Waals surface area contributed by atoms with E-state index in [0.29, 0.717) is 0 Å². The Bertz CT molecular complexity index is 418. The molecule has 0 radical (unpaired) electrons. The third kappa shape index (κ3) is 1.62. The highest BCUT2D eigenvalue weighted by Crippen LogP contribution is 2.35. The third-order valence-corrected chi connectivity index (χ3v) is 3.66. The highest BCUT2D eigenvalue weighted by molar-refractivity contribution is 7.07. The molecule has 3 heteroatoms. The zero-order valence-corrected chi connectivity index (χ0v) is 9.39. The molecule has 78 valence electrons. The lowest BCUT2D eigenvalue weighted by Gasteiger charge is -2.29. The van der Waals surface area contributed by atoms with Crippen LogP contribution >= 0.6 is 11.3 Å². The van der Waals surface area contributed by atoms with Gasteiger partial charge in [0.05, 0.1) is 0 Å². The molecule has 1 aliphatic carbocycles. The maximum absolute atomic E-state index is 3.39. The zero-order chi connectivity index (χ0) is 10.1. The van der Waals surface area contributed by atoms with Crippen LogP contribution in [0, 0.1) is 0 Å². The SMILES string of the molecule is c1cc2c(N3CCNCC3)ccc-2cs1. The molecule has 3 aliphatic rings. The number of hydrogen-bond donors (Lipinski definition) is 1. The van der Waals surface area contributed by atoms with Gasteiger partial charge in [0.15, 0.2) is 0 Å². The van der Waals surface area contributed by atoms with Gasteiger partial charge in [-0.05, 0) is 28.5 Å². The smallest absolute Gasteiger partial charge is 0.0447 e. The van der Waals surface area contributed by atoms with Crippen molar-refractivity contribution in [1.82, 2.24) is 5.32 Å². The summed E-state index contributed by atoms with van der Waals surface area (Å²) in [4.78, 5) is 2.48. The molecule has 0 atom stereocenters. The Morgan fingerprint density at radius 1 is 1.13 bits per heavy atom. The molecule has 0 aromatic heterocycles. The predicted octanol–water partition coefficient (Wildman–Crippen LogP) is 2.26. The van der Waals surface area contributed by atoms with E-state index in [1.807, 2.05) is 0 Å². The summed E-state index contributed by atoms with van der Waals surface area (Å²) in [5, 5.41) is 7.77. The minimum absolute atomic E-state index is 1.10. The number of rotatable bonds is 1. The van der Waals surface area contributed by atoms with Crippen LogP contribution in [0.15, 0.2) is 29.0 Å². The van der Waals surface area contributed by atoms with Crippen LogP contribution < -0.4 is 10.2 Å². The lowest BCUT2D eigenvalue weighted by molar-refractivity contribution is 0.590. The summed E-state index contributed by atoms with van der Waals surface area (Å²) in [6.07, 6.45) is 0. The van der Waals surface area contributed by atoms with E-state index in [0.717, 1.165) is 26.2 Å². The van der Waals surface area contributed by atoms with Crippen molar-refractivity contribution < 1.29 is 0 Å². The minimum atomic E-state index is 1.10. The molecule has 1 saturated heterocycles. The molecule has 0 bridgehead atoms. The molecule has 0 unspecified atom stereocenters. The molecule has 2 nitrogen and oxygen atoms in total. The molecule has 1 fully saturated rings. The van der Waals surface area contributed by atoms with Crippen molar-refractivity contribution in [3.8, 4) is 11.1 Å². The van der Waals surface area contributed by atoms with Crippen LogP contribution in [0.5, 0.6) is 0 Å². The van der Waals surface area contributed by atoms with E-state index in [4.69, 9.17) is 0 Å². The molecular formula is C12H14N2S. The summed E-state index contributed by atoms with van der Waals surface area (Å²) in [6, 6.07) is 6.71. The van der Waals surface area contributed by atoms with E-state index in [2.05, 4.69) is 39.2 Å². The third-order valence-electron chi connectivity index (χ3n) is 2.97. The number of hydrogen-bond acceptors (Lipinski definition) is 3. The van der Waals surface area contributed by atoms with Crippen LogP contribution in [-0.2, 0) is 0 Å². The van der Waals surface area contributed by atoms with Crippen LogP contribution in [-0.4, -0.2) is 26.2 Å². The van der Waals surface area contributed by atoms with Crippen molar-refractivity contribution in [3.63, 3.8) is 0 Å². The van der Waals surface area contributed by atoms with E-state index in [1.54, 1.807) is 11.3 Å². The van der Waals surface area contributed by atoms with E-state index in [9.17, 15) is 0 Å². The van der Waals surface area contributed by atoms with E-state index in [1.165, 1.54) is 16.8 Å². The highest BCUT2D eigenvalue weighted by Gasteiger charge is 2.16. The number of piperazine rings is 1. The monoisotopic (exact) mass is 218 g/mol. The average molecular weight is 218 g/mol. The van der Waals surface area contributed by atoms with Gasteiger partial charge in [-0.2, -0.15) is 11.3 Å². The Balaban J connectivity index is 1.97. The van der Waals surface area contributed by atoms with Crippen LogP contribution in [0.4, 0.5) is 5.69 Å². The molecule has 0 spiro atoms. The summed E-state index contributed by atoms with van der Waals surface area (Å²) < 4.78 is 0. The van der Waals surface area contributed by atoms with Crippen molar-refractivity contribution in [2.75, 3.05) is 31.1 Å². The maximum atomic E-state index is 3.39. The Morgan fingerprint density at radius 2 is 2.00 bits per heavy atom. The molecule has 0 saturated carbocycles. The maximum Gasteiger partial charge on any atom is 0.0447 e. The molecule has 0 aromatic carbocycles. The zero-order valence-electron chi connectivity index (χ0n) is 8.57. The predicted molar refractivity (Wildman–Crippen MR) is 66.0 cm³/mol. The van der Waals surface area contributed by atoms with E-state index < -0.39 is 0 Å². The van der Waals surface area contributed by atoms with Gasteiger partial charge in [-0.1, -0.05) is 6.07 Å². The number of nitrogens with zero attached hydrogens (tertiary/aromatic N) is 1. The first-order chi connectivity index (χ1) is 7.45. The fourth-order valence-electron chi connectivity index (χ4n) is 2.18. The average Bonchev–Trinajstić information content (AvgIpc) is 2.74. The van der Waals surface area contributed by atoms with Gasteiger partial charge in [0.2, 0.25) is 0 Å². The molecule has 0 aromatic rings. The number of nitrogens with one attached hydrogen (secondary N) is 1. The molecular weight excluding hydrogens is 204 g/mol. The molecule has 2 aliphatic heterocycles. The van der Waals surface area contributed by atoms with Gasteiger partial charge in [0, 0.05) is 37.4 Å². The summed E-state index contributed by atoms with van der Waals surface area (Å²) in [6.45, 7) is 4.44. The normalized spacial score (nSPS) is 17.2. The quantitative estimate of drug-likeness (QED) is 0.790. The van der Waals surface area contributed by atoms with Gasteiger partial charge in [-0.25, -0.2) is 0 Å². The lowest BCUT2D eigenvalue weighted by Crippen LogP contribution is -2.43. The fourth-order valence-corrected chi connectivity index (χ4v) is 2.83. The van der Waals surface area contributed by atoms with Gasteiger partial charge in [0.25, 0.3) is 0 Å². The highest BCUT2D eigenvalue weighted by atomic mass is 32.1. The summed E-state index contributed by atoms with van der Waals surface area (Å²) >= 11 is 1.76. The Kier molecular flexibility index (Phi) is 2.35. The van der Waals surface area contributed by atoms with Crippen molar-refractivity contribution in [2.45, 2.75) is 0 Å². The van der Waals surface area contributed by atoms with Gasteiger partial charge in [-0.15, -0.1) is 0 Å². The van der Waals surface area contributed by atoms with E-state index in [-0.39, 0.29) is 0 Å². The van der Waals surface area contributed by atoms with Gasteiger partial charge in [0.1, 0.15) is 0 Å².